The predicted molar refractivity (Wildman–Crippen MR) is 103 cm³/mol. The van der Waals surface area contributed by atoms with Gasteiger partial charge in [0.25, 0.3) is 0 Å². The molecule has 2 N–H and O–H groups in total. The minimum Gasteiger partial charge on any atom is -0.507 e. The summed E-state index contributed by atoms with van der Waals surface area (Å²) >= 11 is 0. The smallest absolute Gasteiger partial charge is 0.342 e. The largest absolute Gasteiger partial charge is 0.507 e. The first-order valence-corrected chi connectivity index (χ1v) is 8.53. The molecule has 0 bridgehead atoms. The number of benzene rings is 2. The molecule has 2 aromatic rings. The Bertz CT molecular complexity index is 998. The van der Waals surface area contributed by atoms with Gasteiger partial charge in [0.2, 0.25) is 0 Å². The lowest BCUT2D eigenvalue weighted by Gasteiger charge is -2.14. The topological polar surface area (TPSA) is 83.8 Å². The number of aromatic hydroxyl groups is 1. The number of phenols is 1. The Balaban J connectivity index is 2.03. The number of cyclic esters (lactones) is 1. The Kier molecular flexibility index (Phi) is 4.86. The van der Waals surface area contributed by atoms with Crippen LogP contribution in [0.15, 0.2) is 30.9 Å². The summed E-state index contributed by atoms with van der Waals surface area (Å²) in [6.07, 6.45) is 5.48. The van der Waals surface area contributed by atoms with Gasteiger partial charge in [-0.25, -0.2) is 9.59 Å². The van der Waals surface area contributed by atoms with Gasteiger partial charge in [0.15, 0.2) is 0 Å². The lowest BCUT2D eigenvalue weighted by Crippen LogP contribution is -2.03. The third-order valence-electron chi connectivity index (χ3n) is 4.92. The molecule has 0 aliphatic carbocycles. The van der Waals surface area contributed by atoms with Crippen LogP contribution in [0, 0.1) is 13.8 Å². The van der Waals surface area contributed by atoms with E-state index >= 15 is 0 Å². The van der Waals surface area contributed by atoms with E-state index in [-0.39, 0.29) is 23.5 Å². The highest BCUT2D eigenvalue weighted by Crippen LogP contribution is 2.38. The number of hydrogen-bond acceptors (Lipinski definition) is 4. The van der Waals surface area contributed by atoms with Crippen molar-refractivity contribution in [3.8, 4) is 5.75 Å². The van der Waals surface area contributed by atoms with Crippen molar-refractivity contribution in [3.63, 3.8) is 0 Å². The van der Waals surface area contributed by atoms with Crippen molar-refractivity contribution in [1.82, 2.24) is 0 Å². The number of rotatable bonds is 5. The summed E-state index contributed by atoms with van der Waals surface area (Å²) in [5.74, 6) is -1.62. The van der Waals surface area contributed by atoms with Gasteiger partial charge < -0.3 is 14.9 Å². The molecule has 5 nitrogen and oxygen atoms in total. The molecule has 1 aliphatic heterocycles. The summed E-state index contributed by atoms with van der Waals surface area (Å²) in [5.41, 5.74) is 4.76. The summed E-state index contributed by atoms with van der Waals surface area (Å²) in [7, 11) is 0. The van der Waals surface area contributed by atoms with Gasteiger partial charge in [0, 0.05) is 11.1 Å². The van der Waals surface area contributed by atoms with Crippen LogP contribution >= 0.6 is 0 Å². The van der Waals surface area contributed by atoms with Crippen LogP contribution in [-0.2, 0) is 17.8 Å². The van der Waals surface area contributed by atoms with Gasteiger partial charge in [-0.05, 0) is 48.6 Å². The van der Waals surface area contributed by atoms with E-state index in [0.717, 1.165) is 16.7 Å². The lowest BCUT2D eigenvalue weighted by atomic mass is 9.90. The number of allylic oxidation sites excluding steroid dienone is 1. The predicted octanol–water partition coefficient (Wildman–Crippen LogP) is 4.28. The zero-order valence-electron chi connectivity index (χ0n) is 15.2. The molecule has 1 aliphatic rings. The molecule has 27 heavy (non-hydrogen) atoms. The number of fused-ring (bicyclic) bond motifs is 1. The van der Waals surface area contributed by atoms with Crippen molar-refractivity contribution in [2.45, 2.75) is 26.9 Å². The normalized spacial score (nSPS) is 12.9. The standard InChI is InChI=1S/C22H20O5/c1-4-14-13(3)18-11-27-22(26)19(18)20(23)16(14)9-6-8-15-12(2)7-5-10-17(15)21(24)25/h4-8,10,23H,1,9,11H2,2-3H3,(H,24,25)/b8-6+. The molecule has 0 spiro atoms. The Hall–Kier alpha value is -3.34. The number of phenolic OH excluding ortho intramolecular Hbond substituents is 1. The van der Waals surface area contributed by atoms with E-state index in [1.54, 1.807) is 30.4 Å². The number of esters is 1. The van der Waals surface area contributed by atoms with Gasteiger partial charge in [-0.2, -0.15) is 0 Å². The molecule has 0 fully saturated rings. The number of aromatic carboxylic acids is 1. The van der Waals surface area contributed by atoms with Gasteiger partial charge in [0.05, 0.1) is 5.56 Å². The van der Waals surface area contributed by atoms with Crippen molar-refractivity contribution in [2.24, 2.45) is 0 Å². The molecule has 0 unspecified atom stereocenters. The van der Waals surface area contributed by atoms with Crippen LogP contribution in [0.4, 0.5) is 0 Å². The molecule has 0 amide bonds. The second-order valence-corrected chi connectivity index (χ2v) is 6.45. The van der Waals surface area contributed by atoms with Gasteiger partial charge >= 0.3 is 11.9 Å². The van der Waals surface area contributed by atoms with E-state index in [1.807, 2.05) is 19.9 Å². The first-order valence-electron chi connectivity index (χ1n) is 8.53. The number of hydrogen-bond donors (Lipinski definition) is 2. The second-order valence-electron chi connectivity index (χ2n) is 6.45. The van der Waals surface area contributed by atoms with Crippen LogP contribution in [-0.4, -0.2) is 22.2 Å². The van der Waals surface area contributed by atoms with Crippen molar-refractivity contribution in [3.05, 3.63) is 75.4 Å². The van der Waals surface area contributed by atoms with Crippen molar-refractivity contribution >= 4 is 24.1 Å². The van der Waals surface area contributed by atoms with E-state index < -0.39 is 11.9 Å². The second kappa shape index (κ2) is 7.11. The quantitative estimate of drug-likeness (QED) is 0.774. The Morgan fingerprint density at radius 1 is 1.30 bits per heavy atom. The molecule has 138 valence electrons. The maximum absolute atomic E-state index is 12.0. The van der Waals surface area contributed by atoms with E-state index in [0.29, 0.717) is 23.1 Å². The average molecular weight is 364 g/mol. The summed E-state index contributed by atoms with van der Waals surface area (Å²) in [5, 5.41) is 20.0. The van der Waals surface area contributed by atoms with E-state index in [2.05, 4.69) is 6.58 Å². The molecular weight excluding hydrogens is 344 g/mol. The van der Waals surface area contributed by atoms with E-state index in [4.69, 9.17) is 4.74 Å². The fourth-order valence-corrected chi connectivity index (χ4v) is 3.47. The summed E-state index contributed by atoms with van der Waals surface area (Å²) in [6, 6.07) is 5.10. The molecule has 3 rings (SSSR count). The van der Waals surface area contributed by atoms with Gasteiger partial charge in [-0.15, -0.1) is 0 Å². The van der Waals surface area contributed by atoms with Crippen LogP contribution < -0.4 is 0 Å². The molecular formula is C22H20O5. The maximum atomic E-state index is 12.0. The highest BCUT2D eigenvalue weighted by Gasteiger charge is 2.30. The zero-order chi connectivity index (χ0) is 19.7. The van der Waals surface area contributed by atoms with Crippen molar-refractivity contribution in [1.29, 1.82) is 0 Å². The van der Waals surface area contributed by atoms with Gasteiger partial charge in [-0.1, -0.05) is 36.9 Å². The third kappa shape index (κ3) is 3.12. The highest BCUT2D eigenvalue weighted by atomic mass is 16.5. The minimum atomic E-state index is -0.996. The molecule has 0 radical (unpaired) electrons. The number of carbonyl (C=O) groups excluding carboxylic acids is 1. The number of carboxylic acids is 1. The SMILES string of the molecule is C=Cc1c(C)c2c(c(O)c1C/C=C/c1c(C)cccc1C(=O)O)C(=O)OC2. The Morgan fingerprint density at radius 2 is 2.04 bits per heavy atom. The number of aryl methyl sites for hydroxylation is 1. The van der Waals surface area contributed by atoms with Crippen LogP contribution in [0.2, 0.25) is 0 Å². The Morgan fingerprint density at radius 3 is 2.70 bits per heavy atom. The highest BCUT2D eigenvalue weighted by molar-refractivity contribution is 5.98. The van der Waals surface area contributed by atoms with Crippen molar-refractivity contribution in [2.75, 3.05) is 0 Å². The lowest BCUT2D eigenvalue weighted by molar-refractivity contribution is 0.0532. The fourth-order valence-electron chi connectivity index (χ4n) is 3.47. The zero-order valence-corrected chi connectivity index (χ0v) is 15.2. The number of carboxylic acid groups (broad SMARTS) is 1. The molecule has 0 atom stereocenters. The van der Waals surface area contributed by atoms with Crippen LogP contribution in [0.3, 0.4) is 0 Å². The third-order valence-corrected chi connectivity index (χ3v) is 4.92. The Labute approximate surface area is 157 Å². The molecule has 0 aromatic heterocycles. The summed E-state index contributed by atoms with van der Waals surface area (Å²) in [4.78, 5) is 23.4. The molecule has 5 heteroatoms. The first-order chi connectivity index (χ1) is 12.9. The van der Waals surface area contributed by atoms with Gasteiger partial charge in [0.1, 0.15) is 17.9 Å². The van der Waals surface area contributed by atoms with Crippen LogP contribution in [0.1, 0.15) is 54.1 Å². The van der Waals surface area contributed by atoms with Crippen molar-refractivity contribution < 1.29 is 24.5 Å². The molecule has 2 aromatic carbocycles. The summed E-state index contributed by atoms with van der Waals surface area (Å²) in [6.45, 7) is 7.68. The molecule has 0 saturated carbocycles. The first kappa shape index (κ1) is 18.5. The molecule has 0 saturated heterocycles. The summed E-state index contributed by atoms with van der Waals surface area (Å²) < 4.78 is 5.05. The number of ether oxygens (including phenoxy) is 1. The minimum absolute atomic E-state index is 0.0964. The van der Waals surface area contributed by atoms with Crippen LogP contribution in [0.5, 0.6) is 5.75 Å². The van der Waals surface area contributed by atoms with Crippen LogP contribution in [0.25, 0.3) is 12.2 Å². The fraction of sp³-hybridized carbons (Fsp3) is 0.182. The molecule has 1 heterocycles. The van der Waals surface area contributed by atoms with E-state index in [1.165, 1.54) is 0 Å². The van der Waals surface area contributed by atoms with Gasteiger partial charge in [-0.3, -0.25) is 0 Å². The average Bonchev–Trinajstić information content (AvgIpc) is 3.02. The monoisotopic (exact) mass is 364 g/mol. The number of carbonyl (C=O) groups is 2. The maximum Gasteiger partial charge on any atom is 0.342 e. The van der Waals surface area contributed by atoms with E-state index in [9.17, 15) is 19.8 Å².